The number of nitrogens with one attached hydrogen (secondary N) is 1. The molecule has 0 spiro atoms. The largest absolute Gasteiger partial charge is 0.457 e. The molecule has 0 saturated heterocycles. The number of aromatic nitrogens is 4. The van der Waals surface area contributed by atoms with Crippen molar-refractivity contribution in [3.63, 3.8) is 0 Å². The molecule has 3 heterocycles. The zero-order chi connectivity index (χ0) is 20.7. The molecule has 5 aromatic rings. The van der Waals surface area contributed by atoms with E-state index in [1.807, 2.05) is 56.6 Å². The summed E-state index contributed by atoms with van der Waals surface area (Å²) in [6, 6.07) is 17.6. The van der Waals surface area contributed by atoms with Crippen molar-refractivity contribution >= 4 is 45.0 Å². The van der Waals surface area contributed by atoms with E-state index >= 15 is 0 Å². The van der Waals surface area contributed by atoms with Gasteiger partial charge in [-0.25, -0.2) is 15.0 Å². The van der Waals surface area contributed by atoms with Crippen LogP contribution in [0.25, 0.3) is 21.9 Å². The van der Waals surface area contributed by atoms with Gasteiger partial charge >= 0.3 is 0 Å². The molecule has 2 aromatic carbocycles. The molecule has 0 fully saturated rings. The maximum Gasteiger partial charge on any atom is 0.160 e. The van der Waals surface area contributed by atoms with Crippen LogP contribution in [0.1, 0.15) is 5.56 Å². The summed E-state index contributed by atoms with van der Waals surface area (Å²) in [5.41, 5.74) is 4.35. The van der Waals surface area contributed by atoms with Gasteiger partial charge in [0.1, 0.15) is 28.5 Å². The molecule has 6 nitrogen and oxygen atoms in total. The van der Waals surface area contributed by atoms with Gasteiger partial charge < -0.3 is 14.6 Å². The number of aryl methyl sites for hydroxylation is 2. The Morgan fingerprint density at radius 1 is 1.00 bits per heavy atom. The molecule has 0 aliphatic heterocycles. The van der Waals surface area contributed by atoms with Crippen molar-refractivity contribution in [2.45, 2.75) is 6.92 Å². The van der Waals surface area contributed by atoms with Crippen molar-refractivity contribution < 1.29 is 4.74 Å². The maximum absolute atomic E-state index is 6.14. The molecule has 0 aliphatic carbocycles. The van der Waals surface area contributed by atoms with Crippen LogP contribution in [0.5, 0.6) is 11.5 Å². The third-order valence-corrected chi connectivity index (χ3v) is 5.18. The van der Waals surface area contributed by atoms with E-state index in [4.69, 9.17) is 16.3 Å². The fourth-order valence-corrected chi connectivity index (χ4v) is 3.57. The second kappa shape index (κ2) is 7.31. The van der Waals surface area contributed by atoms with E-state index in [0.717, 1.165) is 33.8 Å². The van der Waals surface area contributed by atoms with Crippen LogP contribution in [-0.2, 0) is 7.05 Å². The Kier molecular flexibility index (Phi) is 4.48. The van der Waals surface area contributed by atoms with E-state index in [0.29, 0.717) is 16.5 Å². The number of rotatable bonds is 4. The van der Waals surface area contributed by atoms with Gasteiger partial charge in [0.05, 0.1) is 11.0 Å². The smallest absolute Gasteiger partial charge is 0.160 e. The quantitative estimate of drug-likeness (QED) is 0.364. The number of ether oxygens (including phenoxy) is 1. The van der Waals surface area contributed by atoms with Crippen molar-refractivity contribution in [3.05, 3.63) is 77.8 Å². The first kappa shape index (κ1) is 18.4. The van der Waals surface area contributed by atoms with Crippen molar-refractivity contribution in [1.29, 1.82) is 0 Å². The highest BCUT2D eigenvalue weighted by Gasteiger charge is 2.09. The van der Waals surface area contributed by atoms with Gasteiger partial charge in [-0.1, -0.05) is 11.6 Å². The average molecular weight is 416 g/mol. The monoisotopic (exact) mass is 415 g/mol. The van der Waals surface area contributed by atoms with Crippen molar-refractivity contribution in [1.82, 2.24) is 19.5 Å². The van der Waals surface area contributed by atoms with Gasteiger partial charge in [-0.05, 0) is 66.4 Å². The first-order valence-electron chi connectivity index (χ1n) is 9.45. The van der Waals surface area contributed by atoms with E-state index in [2.05, 4.69) is 37.0 Å². The van der Waals surface area contributed by atoms with Crippen molar-refractivity contribution in [2.75, 3.05) is 5.32 Å². The van der Waals surface area contributed by atoms with Gasteiger partial charge in [-0.15, -0.1) is 0 Å². The Morgan fingerprint density at radius 2 is 1.90 bits per heavy atom. The lowest BCUT2D eigenvalue weighted by Crippen LogP contribution is -1.98. The third kappa shape index (κ3) is 3.42. The Morgan fingerprint density at radius 3 is 2.77 bits per heavy atom. The van der Waals surface area contributed by atoms with Crippen LogP contribution < -0.4 is 10.1 Å². The summed E-state index contributed by atoms with van der Waals surface area (Å²) < 4.78 is 8.21. The van der Waals surface area contributed by atoms with Gasteiger partial charge in [0.2, 0.25) is 0 Å². The van der Waals surface area contributed by atoms with E-state index in [1.54, 1.807) is 6.07 Å². The summed E-state index contributed by atoms with van der Waals surface area (Å²) in [4.78, 5) is 12.9. The molecule has 3 aromatic heterocycles. The van der Waals surface area contributed by atoms with Gasteiger partial charge in [0.15, 0.2) is 5.82 Å². The van der Waals surface area contributed by atoms with Gasteiger partial charge in [-0.2, -0.15) is 0 Å². The van der Waals surface area contributed by atoms with Crippen LogP contribution in [0, 0.1) is 6.92 Å². The summed E-state index contributed by atoms with van der Waals surface area (Å²) in [7, 11) is 2.02. The maximum atomic E-state index is 6.14. The molecule has 0 unspecified atom stereocenters. The summed E-state index contributed by atoms with van der Waals surface area (Å²) in [6.45, 7) is 2.01. The number of anilines is 2. The normalized spacial score (nSPS) is 11.2. The fraction of sp³-hybridized carbons (Fsp3) is 0.0870. The Balaban J connectivity index is 1.42. The molecule has 0 bridgehead atoms. The highest BCUT2D eigenvalue weighted by Crippen LogP contribution is 2.31. The molecular formula is C23H18ClN5O. The van der Waals surface area contributed by atoms with E-state index in [-0.39, 0.29) is 0 Å². The molecule has 7 heteroatoms. The summed E-state index contributed by atoms with van der Waals surface area (Å²) in [5.74, 6) is 2.20. The first-order valence-corrected chi connectivity index (χ1v) is 9.82. The standard InChI is InChI=1S/C23H18ClN5O/c1-14-11-16(27-23-22-18(25-13-26-23)6-8-21(24)28-22)4-7-20(14)30-17-5-3-15-9-10-29(2)19(15)12-17/h3-13H,1-2H3,(H,25,26,27). The minimum Gasteiger partial charge on any atom is -0.457 e. The molecule has 30 heavy (non-hydrogen) atoms. The lowest BCUT2D eigenvalue weighted by atomic mass is 10.2. The topological polar surface area (TPSA) is 64.9 Å². The van der Waals surface area contributed by atoms with Crippen LogP contribution in [0.3, 0.4) is 0 Å². The van der Waals surface area contributed by atoms with E-state index in [9.17, 15) is 0 Å². The molecular weight excluding hydrogens is 398 g/mol. The lowest BCUT2D eigenvalue weighted by Gasteiger charge is -2.12. The van der Waals surface area contributed by atoms with Crippen molar-refractivity contribution in [3.8, 4) is 11.5 Å². The minimum absolute atomic E-state index is 0.399. The molecule has 0 amide bonds. The number of hydrogen-bond donors (Lipinski definition) is 1. The number of benzene rings is 2. The van der Waals surface area contributed by atoms with Crippen LogP contribution >= 0.6 is 11.6 Å². The Bertz CT molecular complexity index is 1400. The van der Waals surface area contributed by atoms with Gasteiger partial charge in [-0.3, -0.25) is 0 Å². The molecule has 148 valence electrons. The van der Waals surface area contributed by atoms with Crippen molar-refractivity contribution in [2.24, 2.45) is 7.05 Å². The highest BCUT2D eigenvalue weighted by molar-refractivity contribution is 6.29. The number of pyridine rings is 1. The first-order chi connectivity index (χ1) is 14.6. The molecule has 0 aliphatic rings. The summed E-state index contributed by atoms with van der Waals surface area (Å²) >= 11 is 6.04. The van der Waals surface area contributed by atoms with Gasteiger partial charge in [0, 0.05) is 25.0 Å². The zero-order valence-corrected chi connectivity index (χ0v) is 17.2. The fourth-order valence-electron chi connectivity index (χ4n) is 3.42. The molecule has 0 saturated carbocycles. The third-order valence-electron chi connectivity index (χ3n) is 4.97. The second-order valence-electron chi connectivity index (χ2n) is 7.08. The molecule has 1 N–H and O–H groups in total. The molecule has 0 radical (unpaired) electrons. The molecule has 0 atom stereocenters. The summed E-state index contributed by atoms with van der Waals surface area (Å²) in [5, 5.41) is 4.89. The summed E-state index contributed by atoms with van der Waals surface area (Å²) in [6.07, 6.45) is 3.54. The van der Waals surface area contributed by atoms with Crippen LogP contribution in [0.15, 0.2) is 67.1 Å². The van der Waals surface area contributed by atoms with Crippen LogP contribution in [0.2, 0.25) is 5.15 Å². The predicted octanol–water partition coefficient (Wildman–Crippen LogP) is 6.01. The lowest BCUT2D eigenvalue weighted by molar-refractivity contribution is 0.479. The number of fused-ring (bicyclic) bond motifs is 2. The minimum atomic E-state index is 0.399. The van der Waals surface area contributed by atoms with E-state index < -0.39 is 0 Å². The van der Waals surface area contributed by atoms with Crippen LogP contribution in [0.4, 0.5) is 11.5 Å². The number of hydrogen-bond acceptors (Lipinski definition) is 5. The SMILES string of the molecule is Cc1cc(Nc2ncnc3ccc(Cl)nc23)ccc1Oc1ccc2ccn(C)c2c1. The highest BCUT2D eigenvalue weighted by atomic mass is 35.5. The molecule has 5 rings (SSSR count). The predicted molar refractivity (Wildman–Crippen MR) is 120 cm³/mol. The number of halogens is 1. The second-order valence-corrected chi connectivity index (χ2v) is 7.47. The number of nitrogens with zero attached hydrogens (tertiary/aromatic N) is 4. The van der Waals surface area contributed by atoms with Gasteiger partial charge in [0.25, 0.3) is 0 Å². The Hall–Kier alpha value is -3.64. The average Bonchev–Trinajstić information content (AvgIpc) is 3.11. The van der Waals surface area contributed by atoms with Crippen LogP contribution in [-0.4, -0.2) is 19.5 Å². The van der Waals surface area contributed by atoms with E-state index in [1.165, 1.54) is 11.7 Å². The Labute approximate surface area is 178 Å². The zero-order valence-electron chi connectivity index (χ0n) is 16.4.